The first-order valence-corrected chi connectivity index (χ1v) is 10.5. The summed E-state index contributed by atoms with van der Waals surface area (Å²) in [6.45, 7) is 1.26. The molecule has 192 valence electrons. The van der Waals surface area contributed by atoms with Gasteiger partial charge in [0.1, 0.15) is 23.9 Å². The van der Waals surface area contributed by atoms with E-state index in [1.54, 1.807) is 0 Å². The minimum absolute atomic E-state index is 0.0241. The Morgan fingerprint density at radius 3 is 1.97 bits per heavy atom. The molecule has 0 saturated heterocycles. The molecule has 4 amide bonds. The number of benzene rings is 1. The zero-order valence-electron chi connectivity index (χ0n) is 18.9. The number of carbonyl (C=O) groups excluding carboxylic acids is 4. The van der Waals surface area contributed by atoms with Gasteiger partial charge in [-0.2, -0.15) is 0 Å². The molecule has 4 unspecified atom stereocenters. The quantitative estimate of drug-likeness (QED) is 0.135. The van der Waals surface area contributed by atoms with Crippen LogP contribution in [0.5, 0.6) is 5.75 Å². The number of aliphatic carboxylic acids is 2. The molecule has 14 heteroatoms. The first kappa shape index (κ1) is 28.8. The maximum absolute atomic E-state index is 12.8. The molecule has 0 aliphatic carbocycles. The predicted octanol–water partition coefficient (Wildman–Crippen LogP) is -2.44. The summed E-state index contributed by atoms with van der Waals surface area (Å²) in [6, 6.07) is 0.238. The van der Waals surface area contributed by atoms with Crippen LogP contribution in [-0.4, -0.2) is 75.1 Å². The topological polar surface area (TPSA) is 251 Å². The van der Waals surface area contributed by atoms with Gasteiger partial charge in [0.2, 0.25) is 23.6 Å². The summed E-state index contributed by atoms with van der Waals surface area (Å²) in [6.07, 6.45) is -1.36. The Bertz CT molecular complexity index is 951. The van der Waals surface area contributed by atoms with Crippen LogP contribution in [0.15, 0.2) is 24.3 Å². The smallest absolute Gasteiger partial charge is 0.326 e. The fraction of sp³-hybridized carbons (Fsp3) is 0.429. The van der Waals surface area contributed by atoms with Crippen molar-refractivity contribution in [2.45, 2.75) is 56.8 Å². The molecule has 0 bridgehead atoms. The molecular weight excluding hydrogens is 466 g/mol. The number of hydrogen-bond acceptors (Lipinski definition) is 8. The Balaban J connectivity index is 2.89. The van der Waals surface area contributed by atoms with Gasteiger partial charge in [0.15, 0.2) is 0 Å². The number of amides is 4. The second-order valence-electron chi connectivity index (χ2n) is 7.77. The number of aromatic hydroxyl groups is 1. The third-order valence-electron chi connectivity index (χ3n) is 4.79. The normalized spacial score (nSPS) is 14.0. The van der Waals surface area contributed by atoms with Crippen LogP contribution in [0.3, 0.4) is 0 Å². The lowest BCUT2D eigenvalue weighted by Crippen LogP contribution is -2.56. The van der Waals surface area contributed by atoms with Crippen molar-refractivity contribution >= 4 is 35.6 Å². The van der Waals surface area contributed by atoms with Crippen LogP contribution >= 0.6 is 0 Å². The van der Waals surface area contributed by atoms with Gasteiger partial charge in [0, 0.05) is 12.8 Å². The second kappa shape index (κ2) is 13.5. The highest BCUT2D eigenvalue weighted by molar-refractivity contribution is 5.94. The van der Waals surface area contributed by atoms with Crippen molar-refractivity contribution in [3.05, 3.63) is 29.8 Å². The summed E-state index contributed by atoms with van der Waals surface area (Å²) in [4.78, 5) is 70.8. The molecule has 1 aromatic carbocycles. The summed E-state index contributed by atoms with van der Waals surface area (Å²) in [7, 11) is 0. The summed E-state index contributed by atoms with van der Waals surface area (Å²) in [5.74, 6) is -6.15. The standard InChI is InChI=1S/C21H29N5O9/c1-10(24-19(32)13(22)9-17(29)30)18(31)25-14(6-7-16(23)28)20(33)26-15(21(34)35)8-11-2-4-12(27)5-3-11/h2-5,10,13-15,27H,6-9,22H2,1H3,(H2,23,28)(H,24,32)(H,25,31)(H,26,33)(H,29,30)(H,34,35). The highest BCUT2D eigenvalue weighted by Gasteiger charge is 2.29. The van der Waals surface area contributed by atoms with Gasteiger partial charge in [-0.25, -0.2) is 4.79 Å². The van der Waals surface area contributed by atoms with E-state index in [4.69, 9.17) is 16.6 Å². The molecule has 0 fully saturated rings. The Morgan fingerprint density at radius 1 is 0.886 bits per heavy atom. The van der Waals surface area contributed by atoms with Gasteiger partial charge in [-0.05, 0) is 31.0 Å². The van der Waals surface area contributed by atoms with Gasteiger partial charge in [0.25, 0.3) is 0 Å². The molecule has 0 spiro atoms. The first-order chi connectivity index (χ1) is 16.3. The minimum atomic E-state index is -1.41. The van der Waals surface area contributed by atoms with E-state index in [0.717, 1.165) is 0 Å². The number of nitrogens with two attached hydrogens (primary N) is 2. The number of primary amides is 1. The number of nitrogens with one attached hydrogen (secondary N) is 3. The Labute approximate surface area is 200 Å². The van der Waals surface area contributed by atoms with Crippen molar-refractivity contribution in [1.29, 1.82) is 0 Å². The maximum Gasteiger partial charge on any atom is 0.326 e. The van der Waals surface area contributed by atoms with E-state index in [9.17, 15) is 39.0 Å². The van der Waals surface area contributed by atoms with Crippen LogP contribution in [0.1, 0.15) is 31.7 Å². The Morgan fingerprint density at radius 2 is 1.46 bits per heavy atom. The molecule has 0 saturated carbocycles. The average Bonchev–Trinajstić information content (AvgIpc) is 2.76. The van der Waals surface area contributed by atoms with Crippen molar-refractivity contribution in [1.82, 2.24) is 16.0 Å². The van der Waals surface area contributed by atoms with Crippen LogP contribution < -0.4 is 27.4 Å². The lowest BCUT2D eigenvalue weighted by molar-refractivity contribution is -0.142. The van der Waals surface area contributed by atoms with Crippen molar-refractivity contribution < 1.29 is 44.1 Å². The molecule has 10 N–H and O–H groups in total. The van der Waals surface area contributed by atoms with Crippen LogP contribution in [-0.2, 0) is 35.2 Å². The zero-order chi connectivity index (χ0) is 26.7. The molecule has 14 nitrogen and oxygen atoms in total. The van der Waals surface area contributed by atoms with Crippen LogP contribution in [0, 0.1) is 0 Å². The third-order valence-corrected chi connectivity index (χ3v) is 4.79. The van der Waals surface area contributed by atoms with E-state index in [1.165, 1.54) is 31.2 Å². The van der Waals surface area contributed by atoms with Gasteiger partial charge in [-0.3, -0.25) is 24.0 Å². The molecule has 0 radical (unpaired) electrons. The molecule has 0 aromatic heterocycles. The number of rotatable bonds is 14. The summed E-state index contributed by atoms with van der Waals surface area (Å²) < 4.78 is 0. The van der Waals surface area contributed by atoms with Crippen LogP contribution in [0.25, 0.3) is 0 Å². The maximum atomic E-state index is 12.8. The number of carboxylic acid groups (broad SMARTS) is 2. The Hall–Kier alpha value is -4.20. The Kier molecular flexibility index (Phi) is 11.1. The largest absolute Gasteiger partial charge is 0.508 e. The SMILES string of the molecule is CC(NC(=O)C(N)CC(=O)O)C(=O)NC(CCC(N)=O)C(=O)NC(Cc1ccc(O)cc1)C(=O)O. The fourth-order valence-corrected chi connectivity index (χ4v) is 2.86. The summed E-state index contributed by atoms with van der Waals surface area (Å²) in [5.41, 5.74) is 11.1. The summed E-state index contributed by atoms with van der Waals surface area (Å²) >= 11 is 0. The fourth-order valence-electron chi connectivity index (χ4n) is 2.86. The van der Waals surface area contributed by atoms with Crippen molar-refractivity contribution in [3.8, 4) is 5.75 Å². The second-order valence-corrected chi connectivity index (χ2v) is 7.77. The first-order valence-electron chi connectivity index (χ1n) is 10.5. The van der Waals surface area contributed by atoms with Crippen LogP contribution in [0.2, 0.25) is 0 Å². The lowest BCUT2D eigenvalue weighted by atomic mass is 10.0. The highest BCUT2D eigenvalue weighted by Crippen LogP contribution is 2.12. The molecule has 0 aliphatic heterocycles. The van der Waals surface area contributed by atoms with E-state index in [1.807, 2.05) is 0 Å². The van der Waals surface area contributed by atoms with E-state index in [0.29, 0.717) is 5.56 Å². The van der Waals surface area contributed by atoms with E-state index in [-0.39, 0.29) is 25.0 Å². The van der Waals surface area contributed by atoms with Crippen LogP contribution in [0.4, 0.5) is 0 Å². The lowest BCUT2D eigenvalue weighted by Gasteiger charge is -2.23. The van der Waals surface area contributed by atoms with Gasteiger partial charge < -0.3 is 42.7 Å². The van der Waals surface area contributed by atoms with Gasteiger partial charge >= 0.3 is 11.9 Å². The van der Waals surface area contributed by atoms with Crippen molar-refractivity contribution in [3.63, 3.8) is 0 Å². The van der Waals surface area contributed by atoms with E-state index in [2.05, 4.69) is 16.0 Å². The third kappa shape index (κ3) is 10.5. The monoisotopic (exact) mass is 495 g/mol. The number of phenolic OH excluding ortho intramolecular Hbond substituents is 1. The van der Waals surface area contributed by atoms with E-state index >= 15 is 0 Å². The molecule has 0 heterocycles. The molecular formula is C21H29N5O9. The predicted molar refractivity (Wildman–Crippen MR) is 120 cm³/mol. The van der Waals surface area contributed by atoms with Crippen molar-refractivity contribution in [2.24, 2.45) is 11.5 Å². The van der Waals surface area contributed by atoms with Crippen molar-refractivity contribution in [2.75, 3.05) is 0 Å². The molecule has 0 aliphatic rings. The number of phenols is 1. The average molecular weight is 495 g/mol. The van der Waals surface area contributed by atoms with Gasteiger partial charge in [0.05, 0.1) is 12.5 Å². The number of carboxylic acids is 2. The number of carbonyl (C=O) groups is 6. The molecule has 4 atom stereocenters. The summed E-state index contributed by atoms with van der Waals surface area (Å²) in [5, 5.41) is 34.4. The van der Waals surface area contributed by atoms with Gasteiger partial charge in [-0.15, -0.1) is 0 Å². The number of hydrogen-bond donors (Lipinski definition) is 8. The zero-order valence-corrected chi connectivity index (χ0v) is 18.9. The molecule has 1 aromatic rings. The molecule has 1 rings (SSSR count). The minimum Gasteiger partial charge on any atom is -0.508 e. The highest BCUT2D eigenvalue weighted by atomic mass is 16.4. The van der Waals surface area contributed by atoms with Gasteiger partial charge in [-0.1, -0.05) is 12.1 Å². The molecule has 35 heavy (non-hydrogen) atoms. The van der Waals surface area contributed by atoms with E-state index < -0.39 is 66.2 Å².